The van der Waals surface area contributed by atoms with Gasteiger partial charge in [0.05, 0.1) is 22.1 Å². The van der Waals surface area contributed by atoms with Crippen LogP contribution in [0.3, 0.4) is 0 Å². The maximum atomic E-state index is 12.3. The Morgan fingerprint density at radius 2 is 2.24 bits per heavy atom. The maximum Gasteiger partial charge on any atom is 0.270 e. The van der Waals surface area contributed by atoms with Crippen LogP contribution in [0.4, 0.5) is 5.69 Å². The summed E-state index contributed by atoms with van der Waals surface area (Å²) in [7, 11) is 3.31. The highest BCUT2D eigenvalue weighted by Crippen LogP contribution is 2.23. The maximum absolute atomic E-state index is 12.3. The number of carbonyl (C=O) groups excluding carboxylic acids is 1. The minimum atomic E-state index is -0.566. The summed E-state index contributed by atoms with van der Waals surface area (Å²) in [4.78, 5) is 27.8. The summed E-state index contributed by atoms with van der Waals surface area (Å²) >= 11 is 5.94. The van der Waals surface area contributed by atoms with Gasteiger partial charge in [0.25, 0.3) is 11.6 Å². The standard InChI is InChI=1S/C12H12ClN5O3/c1-16(6-11-14-7-15-17(11)2)12(19)9-4-3-8(18(20)21)5-10(9)13/h3-5,7H,6H2,1-2H3. The van der Waals surface area contributed by atoms with E-state index in [0.29, 0.717) is 5.82 Å². The molecule has 9 heteroatoms. The van der Waals surface area contributed by atoms with Crippen LogP contribution in [0.5, 0.6) is 0 Å². The van der Waals surface area contributed by atoms with Crippen molar-refractivity contribution in [2.75, 3.05) is 7.05 Å². The minimum absolute atomic E-state index is 0.0408. The number of nitro groups is 1. The number of nitrogens with zero attached hydrogens (tertiary/aromatic N) is 5. The van der Waals surface area contributed by atoms with E-state index in [-0.39, 0.29) is 28.7 Å². The van der Waals surface area contributed by atoms with Crippen molar-refractivity contribution in [3.8, 4) is 0 Å². The first-order chi connectivity index (χ1) is 9.90. The molecule has 1 aromatic carbocycles. The van der Waals surface area contributed by atoms with Gasteiger partial charge < -0.3 is 4.90 Å². The number of carbonyl (C=O) groups is 1. The van der Waals surface area contributed by atoms with Crippen LogP contribution in [0.2, 0.25) is 5.02 Å². The van der Waals surface area contributed by atoms with E-state index in [1.807, 2.05) is 0 Å². The summed E-state index contributed by atoms with van der Waals surface area (Å²) in [5.41, 5.74) is 0.0411. The third-order valence-corrected chi connectivity index (χ3v) is 3.24. The predicted molar refractivity (Wildman–Crippen MR) is 74.9 cm³/mol. The average molecular weight is 310 g/mol. The number of hydrogen-bond donors (Lipinski definition) is 0. The summed E-state index contributed by atoms with van der Waals surface area (Å²) < 4.78 is 1.56. The largest absolute Gasteiger partial charge is 0.334 e. The first kappa shape index (κ1) is 14.9. The molecule has 0 saturated carbocycles. The smallest absolute Gasteiger partial charge is 0.270 e. The second-order valence-electron chi connectivity index (χ2n) is 4.38. The Morgan fingerprint density at radius 1 is 1.52 bits per heavy atom. The van der Waals surface area contributed by atoms with Gasteiger partial charge in [-0.2, -0.15) is 5.10 Å². The molecule has 0 aliphatic heterocycles. The molecule has 0 aliphatic rings. The molecule has 1 aromatic heterocycles. The third-order valence-electron chi connectivity index (χ3n) is 2.92. The Kier molecular flexibility index (Phi) is 4.18. The molecule has 1 heterocycles. The third kappa shape index (κ3) is 3.16. The molecule has 21 heavy (non-hydrogen) atoms. The van der Waals surface area contributed by atoms with Gasteiger partial charge in [-0.05, 0) is 6.07 Å². The van der Waals surface area contributed by atoms with Crippen LogP contribution in [-0.2, 0) is 13.6 Å². The van der Waals surface area contributed by atoms with Crippen LogP contribution in [0, 0.1) is 10.1 Å². The van der Waals surface area contributed by atoms with E-state index in [2.05, 4.69) is 10.1 Å². The molecule has 0 aliphatic carbocycles. The number of hydrogen-bond acceptors (Lipinski definition) is 5. The van der Waals surface area contributed by atoms with Gasteiger partial charge in [-0.1, -0.05) is 11.6 Å². The zero-order valence-electron chi connectivity index (χ0n) is 11.4. The van der Waals surface area contributed by atoms with E-state index in [1.165, 1.54) is 23.4 Å². The molecule has 110 valence electrons. The van der Waals surface area contributed by atoms with Gasteiger partial charge >= 0.3 is 0 Å². The lowest BCUT2D eigenvalue weighted by atomic mass is 10.2. The Morgan fingerprint density at radius 3 is 2.76 bits per heavy atom. The normalized spacial score (nSPS) is 10.4. The quantitative estimate of drug-likeness (QED) is 0.632. The molecule has 1 amide bonds. The van der Waals surface area contributed by atoms with E-state index in [4.69, 9.17) is 11.6 Å². The number of benzene rings is 1. The van der Waals surface area contributed by atoms with Crippen LogP contribution in [-0.4, -0.2) is 37.5 Å². The lowest BCUT2D eigenvalue weighted by molar-refractivity contribution is -0.384. The fourth-order valence-corrected chi connectivity index (χ4v) is 2.00. The molecule has 8 nitrogen and oxygen atoms in total. The number of aryl methyl sites for hydroxylation is 1. The topological polar surface area (TPSA) is 94.2 Å². The van der Waals surface area contributed by atoms with E-state index in [1.54, 1.807) is 18.8 Å². The van der Waals surface area contributed by atoms with Gasteiger partial charge in [0.2, 0.25) is 0 Å². The summed E-state index contributed by atoms with van der Waals surface area (Å²) in [5, 5.41) is 14.6. The van der Waals surface area contributed by atoms with Crippen LogP contribution in [0.15, 0.2) is 24.5 Å². The molecule has 0 atom stereocenters. The minimum Gasteiger partial charge on any atom is -0.334 e. The SMILES string of the molecule is CN(Cc1ncnn1C)C(=O)c1ccc([N+](=O)[O-])cc1Cl. The number of aromatic nitrogens is 3. The number of non-ortho nitro benzene ring substituents is 1. The summed E-state index contributed by atoms with van der Waals surface area (Å²) in [5.74, 6) is 0.266. The molecule has 0 N–H and O–H groups in total. The van der Waals surface area contributed by atoms with E-state index in [9.17, 15) is 14.9 Å². The van der Waals surface area contributed by atoms with E-state index >= 15 is 0 Å². The van der Waals surface area contributed by atoms with E-state index < -0.39 is 4.92 Å². The fraction of sp³-hybridized carbons (Fsp3) is 0.250. The van der Waals surface area contributed by atoms with E-state index in [0.717, 1.165) is 6.07 Å². The Labute approximate surface area is 125 Å². The summed E-state index contributed by atoms with van der Waals surface area (Å²) in [6, 6.07) is 3.75. The molecule has 0 fully saturated rings. The van der Waals surface area contributed by atoms with Gasteiger partial charge in [-0.3, -0.25) is 19.6 Å². The van der Waals surface area contributed by atoms with Crippen molar-refractivity contribution in [3.05, 3.63) is 51.1 Å². The molecule has 2 rings (SSSR count). The first-order valence-electron chi connectivity index (χ1n) is 5.92. The molecular formula is C12H12ClN5O3. The highest BCUT2D eigenvalue weighted by molar-refractivity contribution is 6.34. The van der Waals surface area contributed by atoms with Crippen molar-refractivity contribution in [1.82, 2.24) is 19.7 Å². The molecular weight excluding hydrogens is 298 g/mol. The Bertz CT molecular complexity index is 700. The second kappa shape index (κ2) is 5.88. The van der Waals surface area contributed by atoms with Gasteiger partial charge in [-0.15, -0.1) is 0 Å². The van der Waals surface area contributed by atoms with Crippen LogP contribution < -0.4 is 0 Å². The monoisotopic (exact) mass is 309 g/mol. The van der Waals surface area contributed by atoms with Crippen LogP contribution >= 0.6 is 11.6 Å². The lowest BCUT2D eigenvalue weighted by Crippen LogP contribution is -2.27. The molecule has 0 bridgehead atoms. The second-order valence-corrected chi connectivity index (χ2v) is 4.79. The molecule has 2 aromatic rings. The van der Waals surface area contributed by atoms with Crippen molar-refractivity contribution >= 4 is 23.2 Å². The van der Waals surface area contributed by atoms with Crippen LogP contribution in [0.25, 0.3) is 0 Å². The number of halogens is 1. The number of rotatable bonds is 4. The predicted octanol–water partition coefficient (Wildman–Crippen LogP) is 1.65. The lowest BCUT2D eigenvalue weighted by Gasteiger charge is -2.17. The Hall–Kier alpha value is -2.48. The van der Waals surface area contributed by atoms with Gasteiger partial charge in [0.1, 0.15) is 12.2 Å². The van der Waals surface area contributed by atoms with Crippen LogP contribution in [0.1, 0.15) is 16.2 Å². The van der Waals surface area contributed by atoms with Gasteiger partial charge in [0, 0.05) is 26.2 Å². The van der Waals surface area contributed by atoms with Crippen molar-refractivity contribution < 1.29 is 9.72 Å². The fourth-order valence-electron chi connectivity index (χ4n) is 1.74. The average Bonchev–Trinajstić information content (AvgIpc) is 2.83. The first-order valence-corrected chi connectivity index (χ1v) is 6.30. The van der Waals surface area contributed by atoms with Crippen molar-refractivity contribution in [2.24, 2.45) is 7.05 Å². The van der Waals surface area contributed by atoms with Crippen molar-refractivity contribution in [1.29, 1.82) is 0 Å². The van der Waals surface area contributed by atoms with Gasteiger partial charge in [-0.25, -0.2) is 4.98 Å². The number of nitro benzene ring substituents is 1. The molecule has 0 saturated heterocycles. The summed E-state index contributed by atoms with van der Waals surface area (Å²) in [6.07, 6.45) is 1.40. The summed E-state index contributed by atoms with van der Waals surface area (Å²) in [6.45, 7) is 0.253. The van der Waals surface area contributed by atoms with Crippen molar-refractivity contribution in [3.63, 3.8) is 0 Å². The van der Waals surface area contributed by atoms with Crippen molar-refractivity contribution in [2.45, 2.75) is 6.54 Å². The zero-order valence-corrected chi connectivity index (χ0v) is 12.1. The highest BCUT2D eigenvalue weighted by atomic mass is 35.5. The molecule has 0 unspecified atom stereocenters. The zero-order chi connectivity index (χ0) is 15.6. The van der Waals surface area contributed by atoms with Gasteiger partial charge in [0.15, 0.2) is 0 Å². The Balaban J connectivity index is 2.19. The highest BCUT2D eigenvalue weighted by Gasteiger charge is 2.19. The molecule has 0 radical (unpaired) electrons. The molecule has 0 spiro atoms. The number of amides is 1.